The zero-order chi connectivity index (χ0) is 19.7. The van der Waals surface area contributed by atoms with Crippen molar-refractivity contribution in [1.82, 2.24) is 14.8 Å². The molecule has 0 atom stereocenters. The molecule has 0 bridgehead atoms. The second-order valence-corrected chi connectivity index (χ2v) is 8.25. The summed E-state index contributed by atoms with van der Waals surface area (Å²) in [6.45, 7) is 0. The number of thioether (sulfide) groups is 1. The molecule has 0 amide bonds. The number of rotatable bonds is 7. The van der Waals surface area contributed by atoms with Gasteiger partial charge in [0, 0.05) is 11.5 Å². The Balaban J connectivity index is 1.59. The van der Waals surface area contributed by atoms with Crippen LogP contribution in [0.3, 0.4) is 0 Å². The van der Waals surface area contributed by atoms with Crippen molar-refractivity contribution in [1.29, 1.82) is 0 Å². The van der Waals surface area contributed by atoms with Gasteiger partial charge in [-0.1, -0.05) is 47.1 Å². The van der Waals surface area contributed by atoms with Gasteiger partial charge in [0.25, 0.3) is 0 Å². The van der Waals surface area contributed by atoms with E-state index in [4.69, 9.17) is 27.9 Å². The van der Waals surface area contributed by atoms with Crippen LogP contribution in [-0.2, 0) is 0 Å². The molecule has 0 spiro atoms. The number of nitrogens with zero attached hydrogens (tertiary/aromatic N) is 3. The number of ether oxygens (including phenoxy) is 1. The van der Waals surface area contributed by atoms with Gasteiger partial charge in [0.15, 0.2) is 10.9 Å². The molecule has 4 rings (SSSR count). The Morgan fingerprint density at radius 1 is 1.18 bits per heavy atom. The highest BCUT2D eigenvalue weighted by atomic mass is 35.5. The Morgan fingerprint density at radius 2 is 2.00 bits per heavy atom. The number of Topliss-reactive ketones (excluding diaryl/α,β-unsaturated/α-hetero) is 1. The average Bonchev–Trinajstić information content (AvgIpc) is 3.47. The SMILES string of the molecule is COc1cccc(C(=O)CSc2nnc(C3CC3)n2-c2ccc(Cl)c(Cl)c2)c1. The van der Waals surface area contributed by atoms with E-state index < -0.39 is 0 Å². The number of hydrogen-bond acceptors (Lipinski definition) is 5. The second-order valence-electron chi connectivity index (χ2n) is 6.49. The summed E-state index contributed by atoms with van der Waals surface area (Å²) >= 11 is 13.6. The standard InChI is InChI=1S/C20H17Cl2N3O2S/c1-27-15-4-2-3-13(9-15)18(26)11-28-20-24-23-19(12-5-6-12)25(20)14-7-8-16(21)17(22)10-14/h2-4,7-10,12H,5-6,11H2,1H3. The van der Waals surface area contributed by atoms with E-state index in [0.717, 1.165) is 24.4 Å². The van der Waals surface area contributed by atoms with Crippen LogP contribution in [0.15, 0.2) is 47.6 Å². The van der Waals surface area contributed by atoms with Crippen molar-refractivity contribution in [2.24, 2.45) is 0 Å². The van der Waals surface area contributed by atoms with Gasteiger partial charge in [0.1, 0.15) is 11.6 Å². The van der Waals surface area contributed by atoms with Gasteiger partial charge in [-0.3, -0.25) is 9.36 Å². The van der Waals surface area contributed by atoms with E-state index in [-0.39, 0.29) is 11.5 Å². The summed E-state index contributed by atoms with van der Waals surface area (Å²) in [6.07, 6.45) is 2.18. The number of aromatic nitrogens is 3. The minimum Gasteiger partial charge on any atom is -0.497 e. The van der Waals surface area contributed by atoms with Crippen molar-refractivity contribution in [3.05, 3.63) is 63.9 Å². The molecular formula is C20H17Cl2N3O2S. The molecule has 5 nitrogen and oxygen atoms in total. The van der Waals surface area contributed by atoms with Gasteiger partial charge in [0.2, 0.25) is 0 Å². The highest BCUT2D eigenvalue weighted by Crippen LogP contribution is 2.41. The molecule has 8 heteroatoms. The fourth-order valence-electron chi connectivity index (χ4n) is 2.86. The molecule has 0 unspecified atom stereocenters. The van der Waals surface area contributed by atoms with Gasteiger partial charge >= 0.3 is 0 Å². The van der Waals surface area contributed by atoms with Gasteiger partial charge in [0.05, 0.1) is 28.6 Å². The lowest BCUT2D eigenvalue weighted by molar-refractivity contribution is 0.102. The van der Waals surface area contributed by atoms with Gasteiger partial charge in [-0.2, -0.15) is 0 Å². The molecule has 0 N–H and O–H groups in total. The Morgan fingerprint density at radius 3 is 2.71 bits per heavy atom. The maximum absolute atomic E-state index is 12.6. The van der Waals surface area contributed by atoms with Crippen LogP contribution in [0, 0.1) is 0 Å². The van der Waals surface area contributed by atoms with Crippen molar-refractivity contribution in [3.8, 4) is 11.4 Å². The van der Waals surface area contributed by atoms with Gasteiger partial charge < -0.3 is 4.74 Å². The first-order valence-electron chi connectivity index (χ1n) is 8.77. The van der Waals surface area contributed by atoms with E-state index >= 15 is 0 Å². The first-order valence-corrected chi connectivity index (χ1v) is 10.5. The minimum atomic E-state index is 0.000519. The maximum atomic E-state index is 12.6. The van der Waals surface area contributed by atoms with Crippen molar-refractivity contribution < 1.29 is 9.53 Å². The smallest absolute Gasteiger partial charge is 0.196 e. The van der Waals surface area contributed by atoms with E-state index in [0.29, 0.717) is 32.4 Å². The Labute approximate surface area is 177 Å². The lowest BCUT2D eigenvalue weighted by Gasteiger charge is -2.11. The molecule has 144 valence electrons. The van der Waals surface area contributed by atoms with Gasteiger partial charge in [-0.05, 0) is 43.2 Å². The number of benzene rings is 2. The molecule has 3 aromatic rings. The van der Waals surface area contributed by atoms with Crippen molar-refractivity contribution in [2.45, 2.75) is 23.9 Å². The third-order valence-corrected chi connectivity index (χ3v) is 6.15. The normalized spacial score (nSPS) is 13.5. The topological polar surface area (TPSA) is 57.0 Å². The number of hydrogen-bond donors (Lipinski definition) is 0. The number of halogens is 2. The van der Waals surface area contributed by atoms with Crippen LogP contribution in [0.1, 0.15) is 34.9 Å². The summed E-state index contributed by atoms with van der Waals surface area (Å²) in [7, 11) is 1.58. The summed E-state index contributed by atoms with van der Waals surface area (Å²) in [6, 6.07) is 12.6. The fraction of sp³-hybridized carbons (Fsp3) is 0.250. The number of ketones is 1. The molecule has 0 saturated heterocycles. The van der Waals surface area contributed by atoms with Crippen LogP contribution < -0.4 is 4.74 Å². The summed E-state index contributed by atoms with van der Waals surface area (Å²) in [5.74, 6) is 2.20. The second kappa shape index (κ2) is 8.15. The van der Waals surface area contributed by atoms with Crippen molar-refractivity contribution >= 4 is 40.7 Å². The first-order chi connectivity index (χ1) is 13.6. The van der Waals surface area contributed by atoms with Crippen LogP contribution in [-0.4, -0.2) is 33.4 Å². The molecule has 0 aliphatic heterocycles. The third-order valence-electron chi connectivity index (χ3n) is 4.49. The van der Waals surface area contributed by atoms with E-state index in [1.165, 1.54) is 11.8 Å². The molecule has 1 saturated carbocycles. The Bertz CT molecular complexity index is 1030. The van der Waals surface area contributed by atoms with Crippen molar-refractivity contribution in [2.75, 3.05) is 12.9 Å². The summed E-state index contributed by atoms with van der Waals surface area (Å²) in [5, 5.41) is 10.3. The quantitative estimate of drug-likeness (QED) is 0.366. The predicted octanol–water partition coefficient (Wildman–Crippen LogP) is 5.44. The van der Waals surface area contributed by atoms with Gasteiger partial charge in [-0.15, -0.1) is 10.2 Å². The average molecular weight is 434 g/mol. The van der Waals surface area contributed by atoms with E-state index in [1.54, 1.807) is 37.4 Å². The maximum Gasteiger partial charge on any atom is 0.196 e. The highest BCUT2D eigenvalue weighted by Gasteiger charge is 2.31. The van der Waals surface area contributed by atoms with Crippen LogP contribution in [0.25, 0.3) is 5.69 Å². The zero-order valence-corrected chi connectivity index (χ0v) is 17.4. The Kier molecular flexibility index (Phi) is 5.62. The molecule has 1 aliphatic carbocycles. The number of carbonyl (C=O) groups is 1. The van der Waals surface area contributed by atoms with Crippen LogP contribution >= 0.6 is 35.0 Å². The molecule has 0 radical (unpaired) electrons. The van der Waals surface area contributed by atoms with E-state index in [9.17, 15) is 4.79 Å². The number of carbonyl (C=O) groups excluding carboxylic acids is 1. The predicted molar refractivity (Wildman–Crippen MR) is 111 cm³/mol. The fourth-order valence-corrected chi connectivity index (χ4v) is 4.00. The molecule has 28 heavy (non-hydrogen) atoms. The molecule has 2 aromatic carbocycles. The third kappa shape index (κ3) is 4.04. The van der Waals surface area contributed by atoms with E-state index in [2.05, 4.69) is 10.2 Å². The number of methoxy groups -OCH3 is 1. The molecule has 1 heterocycles. The molecular weight excluding hydrogens is 417 g/mol. The summed E-state index contributed by atoms with van der Waals surface area (Å²) < 4.78 is 7.17. The molecule has 1 aliphatic rings. The van der Waals surface area contributed by atoms with E-state index in [1.807, 2.05) is 16.7 Å². The summed E-state index contributed by atoms with van der Waals surface area (Å²) in [5.41, 5.74) is 1.45. The first kappa shape index (κ1) is 19.3. The molecule has 1 fully saturated rings. The van der Waals surface area contributed by atoms with Gasteiger partial charge in [-0.25, -0.2) is 0 Å². The highest BCUT2D eigenvalue weighted by molar-refractivity contribution is 7.99. The largest absolute Gasteiger partial charge is 0.497 e. The van der Waals surface area contributed by atoms with Crippen LogP contribution in [0.4, 0.5) is 0 Å². The van der Waals surface area contributed by atoms with Crippen LogP contribution in [0.2, 0.25) is 10.0 Å². The lowest BCUT2D eigenvalue weighted by atomic mass is 10.1. The zero-order valence-electron chi connectivity index (χ0n) is 15.1. The monoisotopic (exact) mass is 433 g/mol. The lowest BCUT2D eigenvalue weighted by Crippen LogP contribution is -2.06. The Hall–Kier alpha value is -2.02. The summed E-state index contributed by atoms with van der Waals surface area (Å²) in [4.78, 5) is 12.6. The van der Waals surface area contributed by atoms with Crippen LogP contribution in [0.5, 0.6) is 5.75 Å². The van der Waals surface area contributed by atoms with Crippen molar-refractivity contribution in [3.63, 3.8) is 0 Å². The minimum absolute atomic E-state index is 0.000519. The molecule has 1 aromatic heterocycles.